The highest BCUT2D eigenvalue weighted by molar-refractivity contribution is 6.06. The average molecular weight is 358 g/mol. The van der Waals surface area contributed by atoms with Gasteiger partial charge in [0.25, 0.3) is 5.91 Å². The summed E-state index contributed by atoms with van der Waals surface area (Å²) >= 11 is 0. The Morgan fingerprint density at radius 3 is 2.07 bits per heavy atom. The zero-order chi connectivity index (χ0) is 19.2. The van der Waals surface area contributed by atoms with E-state index in [4.69, 9.17) is 0 Å². The number of carbonyl (C=O) groups excluding carboxylic acids is 2. The summed E-state index contributed by atoms with van der Waals surface area (Å²) in [5, 5.41) is 2.71. The molecule has 136 valence electrons. The zero-order valence-corrected chi connectivity index (χ0v) is 15.5. The molecule has 0 saturated carbocycles. The summed E-state index contributed by atoms with van der Waals surface area (Å²) in [5.41, 5.74) is 4.29. The van der Waals surface area contributed by atoms with Crippen molar-refractivity contribution in [1.29, 1.82) is 0 Å². The fourth-order valence-electron chi connectivity index (χ4n) is 2.83. The first-order chi connectivity index (χ1) is 13.0. The summed E-state index contributed by atoms with van der Waals surface area (Å²) in [7, 11) is 0. The minimum absolute atomic E-state index is 0.0860. The molecule has 0 aliphatic carbocycles. The second kappa shape index (κ2) is 8.32. The molecule has 4 nitrogen and oxygen atoms in total. The van der Waals surface area contributed by atoms with Gasteiger partial charge in [-0.15, -0.1) is 0 Å². The third-order valence-electron chi connectivity index (χ3n) is 4.23. The normalized spacial score (nSPS) is 10.3. The van der Waals surface area contributed by atoms with E-state index >= 15 is 0 Å². The highest BCUT2D eigenvalue weighted by Crippen LogP contribution is 2.22. The SMILES string of the molecule is CC(=O)Nc1ccc(C(=O)N(Cc2ccccc2)c2ccc(C)cc2)cc1. The number of hydrogen-bond donors (Lipinski definition) is 1. The first-order valence-electron chi connectivity index (χ1n) is 8.83. The molecule has 0 heterocycles. The smallest absolute Gasteiger partial charge is 0.258 e. The predicted octanol–water partition coefficient (Wildman–Crippen LogP) is 4.80. The van der Waals surface area contributed by atoms with Gasteiger partial charge >= 0.3 is 0 Å². The summed E-state index contributed by atoms with van der Waals surface area (Å²) in [6.45, 7) is 3.96. The van der Waals surface area contributed by atoms with Gasteiger partial charge in [0.05, 0.1) is 6.54 Å². The van der Waals surface area contributed by atoms with Crippen molar-refractivity contribution in [3.8, 4) is 0 Å². The standard InChI is InChI=1S/C23H22N2O2/c1-17-8-14-22(15-9-17)25(16-19-6-4-3-5-7-19)23(27)20-10-12-21(13-11-20)24-18(2)26/h3-15H,16H2,1-2H3,(H,24,26). The van der Waals surface area contributed by atoms with E-state index in [1.165, 1.54) is 6.92 Å². The van der Waals surface area contributed by atoms with Crippen LogP contribution in [0, 0.1) is 6.92 Å². The molecule has 0 unspecified atom stereocenters. The molecule has 3 aromatic rings. The Hall–Kier alpha value is -3.40. The lowest BCUT2D eigenvalue weighted by Gasteiger charge is -2.23. The maximum absolute atomic E-state index is 13.2. The van der Waals surface area contributed by atoms with Crippen LogP contribution in [0.1, 0.15) is 28.4 Å². The van der Waals surface area contributed by atoms with Crippen molar-refractivity contribution >= 4 is 23.2 Å². The van der Waals surface area contributed by atoms with Gasteiger partial charge < -0.3 is 10.2 Å². The fourth-order valence-corrected chi connectivity index (χ4v) is 2.83. The van der Waals surface area contributed by atoms with Crippen LogP contribution in [0.2, 0.25) is 0 Å². The molecule has 0 atom stereocenters. The predicted molar refractivity (Wildman–Crippen MR) is 109 cm³/mol. The number of hydrogen-bond acceptors (Lipinski definition) is 2. The number of nitrogens with zero attached hydrogens (tertiary/aromatic N) is 1. The fraction of sp³-hybridized carbons (Fsp3) is 0.130. The summed E-state index contributed by atoms with van der Waals surface area (Å²) < 4.78 is 0. The van der Waals surface area contributed by atoms with Crippen LogP contribution >= 0.6 is 0 Å². The number of amides is 2. The summed E-state index contributed by atoms with van der Waals surface area (Å²) in [6, 6.07) is 24.8. The second-order valence-electron chi connectivity index (χ2n) is 6.47. The minimum Gasteiger partial charge on any atom is -0.326 e. The van der Waals surface area contributed by atoms with Crippen LogP contribution < -0.4 is 10.2 Å². The number of aryl methyl sites for hydroxylation is 1. The third kappa shape index (κ3) is 4.82. The first kappa shape index (κ1) is 18.4. The molecule has 0 radical (unpaired) electrons. The Bertz CT molecular complexity index is 917. The van der Waals surface area contributed by atoms with E-state index in [0.29, 0.717) is 17.8 Å². The third-order valence-corrected chi connectivity index (χ3v) is 4.23. The van der Waals surface area contributed by atoms with Crippen LogP contribution in [0.5, 0.6) is 0 Å². The van der Waals surface area contributed by atoms with Gasteiger partial charge in [-0.1, -0.05) is 48.0 Å². The van der Waals surface area contributed by atoms with Crippen molar-refractivity contribution in [1.82, 2.24) is 0 Å². The van der Waals surface area contributed by atoms with Crippen molar-refractivity contribution < 1.29 is 9.59 Å². The van der Waals surface area contributed by atoms with E-state index < -0.39 is 0 Å². The lowest BCUT2D eigenvalue weighted by Crippen LogP contribution is -2.30. The molecule has 3 rings (SSSR count). The van der Waals surface area contributed by atoms with Crippen LogP contribution in [0.4, 0.5) is 11.4 Å². The van der Waals surface area contributed by atoms with Gasteiger partial charge in [0.15, 0.2) is 0 Å². The molecular formula is C23H22N2O2. The van der Waals surface area contributed by atoms with Gasteiger partial charge in [-0.25, -0.2) is 0 Å². The highest BCUT2D eigenvalue weighted by atomic mass is 16.2. The number of rotatable bonds is 5. The van der Waals surface area contributed by atoms with Crippen LogP contribution in [0.3, 0.4) is 0 Å². The molecule has 0 fully saturated rings. The number of benzene rings is 3. The second-order valence-corrected chi connectivity index (χ2v) is 6.47. The number of nitrogens with one attached hydrogen (secondary N) is 1. The molecule has 0 aliphatic rings. The highest BCUT2D eigenvalue weighted by Gasteiger charge is 2.18. The van der Waals surface area contributed by atoms with Gasteiger partial charge in [0.1, 0.15) is 0 Å². The van der Waals surface area contributed by atoms with Crippen LogP contribution in [-0.4, -0.2) is 11.8 Å². The Kier molecular flexibility index (Phi) is 5.67. The van der Waals surface area contributed by atoms with Crippen LogP contribution in [0.15, 0.2) is 78.9 Å². The Morgan fingerprint density at radius 2 is 1.48 bits per heavy atom. The number of carbonyl (C=O) groups is 2. The Balaban J connectivity index is 1.90. The molecule has 27 heavy (non-hydrogen) atoms. The maximum Gasteiger partial charge on any atom is 0.258 e. The zero-order valence-electron chi connectivity index (χ0n) is 15.5. The number of anilines is 2. The van der Waals surface area contributed by atoms with Gasteiger partial charge in [-0.3, -0.25) is 9.59 Å². The van der Waals surface area contributed by atoms with E-state index in [-0.39, 0.29) is 11.8 Å². The molecule has 3 aromatic carbocycles. The summed E-state index contributed by atoms with van der Waals surface area (Å²) in [4.78, 5) is 26.1. The van der Waals surface area contributed by atoms with Crippen LogP contribution in [-0.2, 0) is 11.3 Å². The van der Waals surface area contributed by atoms with Crippen molar-refractivity contribution in [3.63, 3.8) is 0 Å². The van der Waals surface area contributed by atoms with Gasteiger partial charge in [0, 0.05) is 23.9 Å². The molecule has 4 heteroatoms. The molecule has 0 aliphatic heterocycles. The van der Waals surface area contributed by atoms with Gasteiger partial charge in [-0.2, -0.15) is 0 Å². The molecule has 1 N–H and O–H groups in total. The Morgan fingerprint density at radius 1 is 0.852 bits per heavy atom. The molecule has 2 amide bonds. The lowest BCUT2D eigenvalue weighted by atomic mass is 10.1. The molecule has 0 aromatic heterocycles. The molecule has 0 bridgehead atoms. The van der Waals surface area contributed by atoms with E-state index in [1.54, 1.807) is 29.2 Å². The van der Waals surface area contributed by atoms with Crippen molar-refractivity contribution in [2.24, 2.45) is 0 Å². The molecule has 0 spiro atoms. The van der Waals surface area contributed by atoms with E-state index in [0.717, 1.165) is 16.8 Å². The minimum atomic E-state index is -0.139. The van der Waals surface area contributed by atoms with Crippen molar-refractivity contribution in [3.05, 3.63) is 95.6 Å². The van der Waals surface area contributed by atoms with Gasteiger partial charge in [-0.05, 0) is 48.9 Å². The summed E-state index contributed by atoms with van der Waals surface area (Å²) in [5.74, 6) is -0.225. The molecular weight excluding hydrogens is 336 g/mol. The van der Waals surface area contributed by atoms with Crippen molar-refractivity contribution in [2.75, 3.05) is 10.2 Å². The lowest BCUT2D eigenvalue weighted by molar-refractivity contribution is -0.114. The average Bonchev–Trinajstić information content (AvgIpc) is 2.67. The largest absolute Gasteiger partial charge is 0.326 e. The van der Waals surface area contributed by atoms with Gasteiger partial charge in [0.2, 0.25) is 5.91 Å². The van der Waals surface area contributed by atoms with Crippen LogP contribution in [0.25, 0.3) is 0 Å². The van der Waals surface area contributed by atoms with E-state index in [2.05, 4.69) is 5.32 Å². The first-order valence-corrected chi connectivity index (χ1v) is 8.83. The van der Waals surface area contributed by atoms with E-state index in [1.807, 2.05) is 61.5 Å². The maximum atomic E-state index is 13.2. The topological polar surface area (TPSA) is 49.4 Å². The summed E-state index contributed by atoms with van der Waals surface area (Å²) in [6.07, 6.45) is 0. The Labute approximate surface area is 159 Å². The quantitative estimate of drug-likeness (QED) is 0.712. The molecule has 0 saturated heterocycles. The van der Waals surface area contributed by atoms with E-state index in [9.17, 15) is 9.59 Å². The monoisotopic (exact) mass is 358 g/mol. The van der Waals surface area contributed by atoms with Crippen molar-refractivity contribution in [2.45, 2.75) is 20.4 Å².